The normalized spacial score (nSPS) is 15.3. The number of fused-ring (bicyclic) bond motifs is 1. The van der Waals surface area contributed by atoms with Gasteiger partial charge in [-0.25, -0.2) is 0 Å². The van der Waals surface area contributed by atoms with Crippen LogP contribution in [0.15, 0.2) is 6.07 Å². The van der Waals surface area contributed by atoms with Gasteiger partial charge in [0.2, 0.25) is 4.47 Å². The zero-order chi connectivity index (χ0) is 10.3. The molecule has 1 aliphatic rings. The van der Waals surface area contributed by atoms with Gasteiger partial charge in [0.05, 0.1) is 4.88 Å². The first kappa shape index (κ1) is 10.1. The van der Waals surface area contributed by atoms with E-state index in [0.717, 1.165) is 10.8 Å². The molecule has 0 N–H and O–H groups in total. The molecular weight excluding hydrogens is 268 g/mol. The Balaban J connectivity index is 2.02. The molecule has 3 rings (SSSR count). The molecule has 0 fully saturated rings. The molecular formula is C9H7ClN2S3. The van der Waals surface area contributed by atoms with E-state index in [1.165, 1.54) is 38.8 Å². The van der Waals surface area contributed by atoms with Crippen LogP contribution in [0.4, 0.5) is 0 Å². The van der Waals surface area contributed by atoms with E-state index < -0.39 is 0 Å². The highest BCUT2D eigenvalue weighted by Crippen LogP contribution is 2.38. The van der Waals surface area contributed by atoms with Crippen LogP contribution >= 0.6 is 46.0 Å². The molecule has 2 nitrogen and oxygen atoms in total. The molecule has 78 valence electrons. The lowest BCUT2D eigenvalue weighted by atomic mass is 10.2. The fourth-order valence-corrected chi connectivity index (χ4v) is 4.80. The van der Waals surface area contributed by atoms with E-state index in [1.54, 1.807) is 0 Å². The molecule has 15 heavy (non-hydrogen) atoms. The topological polar surface area (TPSA) is 25.8 Å². The van der Waals surface area contributed by atoms with E-state index in [0.29, 0.717) is 4.47 Å². The van der Waals surface area contributed by atoms with Crippen LogP contribution in [-0.2, 0) is 12.2 Å². The molecule has 2 aromatic rings. The van der Waals surface area contributed by atoms with Gasteiger partial charge in [0.15, 0.2) is 5.01 Å². The van der Waals surface area contributed by atoms with Gasteiger partial charge in [0.25, 0.3) is 0 Å². The second-order valence-electron chi connectivity index (χ2n) is 3.22. The van der Waals surface area contributed by atoms with Crippen molar-refractivity contribution in [1.82, 2.24) is 10.2 Å². The maximum Gasteiger partial charge on any atom is 0.207 e. The summed E-state index contributed by atoms with van der Waals surface area (Å²) in [6.45, 7) is 0. The summed E-state index contributed by atoms with van der Waals surface area (Å²) in [5, 5.41) is 8.85. The Labute approximate surface area is 105 Å². The minimum atomic E-state index is 0.519. The SMILES string of the molecule is Clc1nnc(-c2cc3c(s2)CCSC3)s1. The predicted molar refractivity (Wildman–Crippen MR) is 68.1 cm³/mol. The third kappa shape index (κ3) is 1.93. The van der Waals surface area contributed by atoms with Crippen molar-refractivity contribution >= 4 is 46.0 Å². The van der Waals surface area contributed by atoms with Gasteiger partial charge in [0, 0.05) is 10.6 Å². The highest BCUT2D eigenvalue weighted by molar-refractivity contribution is 7.98. The van der Waals surface area contributed by atoms with Crippen LogP contribution in [0.3, 0.4) is 0 Å². The van der Waals surface area contributed by atoms with Crippen LogP contribution in [0.25, 0.3) is 9.88 Å². The summed E-state index contributed by atoms with van der Waals surface area (Å²) < 4.78 is 0.519. The van der Waals surface area contributed by atoms with Crippen molar-refractivity contribution in [2.45, 2.75) is 12.2 Å². The van der Waals surface area contributed by atoms with Crippen molar-refractivity contribution < 1.29 is 0 Å². The number of rotatable bonds is 1. The molecule has 3 heterocycles. The molecule has 0 atom stereocenters. The average Bonchev–Trinajstić information content (AvgIpc) is 2.82. The summed E-state index contributed by atoms with van der Waals surface area (Å²) in [5.74, 6) is 2.38. The van der Waals surface area contributed by atoms with Gasteiger partial charge >= 0.3 is 0 Å². The van der Waals surface area contributed by atoms with Gasteiger partial charge in [-0.2, -0.15) is 11.8 Å². The molecule has 0 saturated carbocycles. The van der Waals surface area contributed by atoms with E-state index in [4.69, 9.17) is 11.6 Å². The minimum Gasteiger partial charge on any atom is -0.157 e. The number of thioether (sulfide) groups is 1. The molecule has 0 unspecified atom stereocenters. The van der Waals surface area contributed by atoms with Crippen LogP contribution in [0.2, 0.25) is 4.47 Å². The average molecular weight is 275 g/mol. The molecule has 0 bridgehead atoms. The van der Waals surface area contributed by atoms with Crippen molar-refractivity contribution in [2.75, 3.05) is 5.75 Å². The fourth-order valence-electron chi connectivity index (χ4n) is 1.56. The van der Waals surface area contributed by atoms with Gasteiger partial charge in [0.1, 0.15) is 0 Å². The fraction of sp³-hybridized carbons (Fsp3) is 0.333. The van der Waals surface area contributed by atoms with Crippen LogP contribution in [0, 0.1) is 0 Å². The molecule has 1 aliphatic heterocycles. The Morgan fingerprint density at radius 3 is 2.93 bits per heavy atom. The van der Waals surface area contributed by atoms with Crippen molar-refractivity contribution in [3.8, 4) is 9.88 Å². The summed E-state index contributed by atoms with van der Waals surface area (Å²) in [6, 6.07) is 2.24. The number of hydrogen-bond donors (Lipinski definition) is 0. The number of aryl methyl sites for hydroxylation is 1. The van der Waals surface area contributed by atoms with E-state index in [2.05, 4.69) is 16.3 Å². The van der Waals surface area contributed by atoms with Gasteiger partial charge in [-0.3, -0.25) is 0 Å². The highest BCUT2D eigenvalue weighted by Gasteiger charge is 2.16. The van der Waals surface area contributed by atoms with Gasteiger partial charge in [-0.05, 0) is 35.4 Å². The van der Waals surface area contributed by atoms with Crippen LogP contribution < -0.4 is 0 Å². The number of hydrogen-bond acceptors (Lipinski definition) is 5. The van der Waals surface area contributed by atoms with Crippen molar-refractivity contribution in [3.05, 3.63) is 21.0 Å². The maximum atomic E-state index is 5.78. The van der Waals surface area contributed by atoms with Gasteiger partial charge < -0.3 is 0 Å². The molecule has 0 aliphatic carbocycles. The van der Waals surface area contributed by atoms with E-state index in [-0.39, 0.29) is 0 Å². The van der Waals surface area contributed by atoms with Crippen LogP contribution in [0.1, 0.15) is 10.4 Å². The van der Waals surface area contributed by atoms with Crippen LogP contribution in [-0.4, -0.2) is 16.0 Å². The Morgan fingerprint density at radius 2 is 2.20 bits per heavy atom. The van der Waals surface area contributed by atoms with E-state index in [9.17, 15) is 0 Å². The summed E-state index contributed by atoms with van der Waals surface area (Å²) in [5.41, 5.74) is 1.47. The molecule has 2 aromatic heterocycles. The third-order valence-electron chi connectivity index (χ3n) is 2.24. The Kier molecular flexibility index (Phi) is 2.72. The van der Waals surface area contributed by atoms with E-state index >= 15 is 0 Å². The lowest BCUT2D eigenvalue weighted by Crippen LogP contribution is -1.96. The molecule has 6 heteroatoms. The zero-order valence-electron chi connectivity index (χ0n) is 7.70. The minimum absolute atomic E-state index is 0.519. The highest BCUT2D eigenvalue weighted by atomic mass is 35.5. The maximum absolute atomic E-state index is 5.78. The Morgan fingerprint density at radius 1 is 1.27 bits per heavy atom. The number of halogens is 1. The third-order valence-corrected chi connectivity index (χ3v) is 5.67. The second-order valence-corrected chi connectivity index (χ2v) is 7.02. The summed E-state index contributed by atoms with van der Waals surface area (Å²) in [6.07, 6.45) is 1.19. The number of aromatic nitrogens is 2. The summed E-state index contributed by atoms with van der Waals surface area (Å²) in [4.78, 5) is 2.72. The van der Waals surface area contributed by atoms with Gasteiger partial charge in [-0.1, -0.05) is 11.3 Å². The first-order valence-corrected chi connectivity index (χ1v) is 7.68. The zero-order valence-corrected chi connectivity index (χ0v) is 10.9. The van der Waals surface area contributed by atoms with E-state index in [1.807, 2.05) is 23.1 Å². The molecule has 0 amide bonds. The largest absolute Gasteiger partial charge is 0.207 e. The van der Waals surface area contributed by atoms with Gasteiger partial charge in [-0.15, -0.1) is 21.5 Å². The quantitative estimate of drug-likeness (QED) is 0.793. The molecule has 0 spiro atoms. The number of nitrogens with zero attached hydrogens (tertiary/aromatic N) is 2. The monoisotopic (exact) mass is 274 g/mol. The first-order chi connectivity index (χ1) is 7.33. The summed E-state index contributed by atoms with van der Waals surface area (Å²) >= 11 is 11.1. The number of thiophene rings is 1. The van der Waals surface area contributed by atoms with Crippen molar-refractivity contribution in [1.29, 1.82) is 0 Å². The van der Waals surface area contributed by atoms with Crippen molar-refractivity contribution in [3.63, 3.8) is 0 Å². The Bertz CT molecular complexity index is 468. The smallest absolute Gasteiger partial charge is 0.157 e. The molecule has 0 radical (unpaired) electrons. The lowest BCUT2D eigenvalue weighted by Gasteiger charge is -2.08. The summed E-state index contributed by atoms with van der Waals surface area (Å²) in [7, 11) is 0. The molecule has 0 aromatic carbocycles. The standard InChI is InChI=1S/C9H7ClN2S3/c10-9-12-11-8(15-9)7-3-5-4-13-2-1-6(5)14-7/h3H,1-2,4H2. The predicted octanol–water partition coefficient (Wildman–Crippen LogP) is 3.71. The lowest BCUT2D eigenvalue weighted by molar-refractivity contribution is 1.10. The Hall–Kier alpha value is -0.100. The van der Waals surface area contributed by atoms with Crippen molar-refractivity contribution in [2.24, 2.45) is 0 Å². The molecule has 0 saturated heterocycles. The second kappa shape index (κ2) is 4.05. The first-order valence-electron chi connectivity index (χ1n) is 4.51. The van der Waals surface area contributed by atoms with Crippen LogP contribution in [0.5, 0.6) is 0 Å².